The molecule has 2 aliphatic rings. The zero-order valence-electron chi connectivity index (χ0n) is 14.9. The Hall–Kier alpha value is -2.95. The van der Waals surface area contributed by atoms with Crippen LogP contribution in [-0.4, -0.2) is 48.6 Å². The molecule has 0 spiro atoms. The fraction of sp³-hybridized carbons (Fsp3) is 0.412. The number of thioether (sulfide) groups is 1. The maximum Gasteiger partial charge on any atom is 0.330 e. The summed E-state index contributed by atoms with van der Waals surface area (Å²) in [5.74, 6) is 0.232. The van der Waals surface area contributed by atoms with Crippen molar-refractivity contribution in [2.24, 2.45) is 0 Å². The Morgan fingerprint density at radius 2 is 2.18 bits per heavy atom. The minimum Gasteiger partial charge on any atom is -0.454 e. The molecule has 4 rings (SSSR count). The molecular formula is C17H16N4O6S. The molecule has 0 N–H and O–H groups in total. The first-order valence-electron chi connectivity index (χ1n) is 8.57. The quantitative estimate of drug-likeness (QED) is 0.418. The number of esters is 1. The van der Waals surface area contributed by atoms with Crippen molar-refractivity contribution in [1.29, 1.82) is 0 Å². The Morgan fingerprint density at radius 3 is 2.89 bits per heavy atom. The first-order valence-corrected chi connectivity index (χ1v) is 9.56. The number of ether oxygens (including phenoxy) is 1. The normalized spacial score (nSPS) is 23.7. The highest BCUT2D eigenvalue weighted by atomic mass is 32.2. The Balaban J connectivity index is 1.39. The van der Waals surface area contributed by atoms with Gasteiger partial charge in [-0.15, -0.1) is 22.0 Å². The molecule has 10 nitrogen and oxygen atoms in total. The van der Waals surface area contributed by atoms with E-state index in [0.29, 0.717) is 17.7 Å². The van der Waals surface area contributed by atoms with Gasteiger partial charge in [-0.25, -0.2) is 4.79 Å². The summed E-state index contributed by atoms with van der Waals surface area (Å²) in [5, 5.41) is 18.4. The first kappa shape index (κ1) is 18.4. The molecule has 2 atom stereocenters. The lowest BCUT2D eigenvalue weighted by Gasteiger charge is -2.29. The van der Waals surface area contributed by atoms with Gasteiger partial charge in [-0.3, -0.25) is 14.9 Å². The number of non-ortho nitro benzene ring substituents is 1. The first-order chi connectivity index (χ1) is 13.4. The minimum atomic E-state index is -0.609. The van der Waals surface area contributed by atoms with E-state index in [4.69, 9.17) is 9.15 Å². The van der Waals surface area contributed by atoms with Crippen molar-refractivity contribution in [2.75, 3.05) is 5.75 Å². The number of aromatic nitrogens is 2. The Morgan fingerprint density at radius 1 is 1.43 bits per heavy atom. The summed E-state index contributed by atoms with van der Waals surface area (Å²) in [4.78, 5) is 36.0. The molecule has 0 aliphatic carbocycles. The van der Waals surface area contributed by atoms with Gasteiger partial charge in [0.1, 0.15) is 6.04 Å². The van der Waals surface area contributed by atoms with Crippen LogP contribution in [0.3, 0.4) is 0 Å². The SMILES string of the molecule is C[C@]12CCC(=O)N1[C@@H](C(=O)OCc1nnc(-c3ccc([N+](=O)[O-])cc3)o1)CS2. The van der Waals surface area contributed by atoms with Crippen LogP contribution in [0.1, 0.15) is 25.7 Å². The van der Waals surface area contributed by atoms with Crippen molar-refractivity contribution in [1.82, 2.24) is 15.1 Å². The largest absolute Gasteiger partial charge is 0.454 e. The number of carbonyl (C=O) groups is 2. The van der Waals surface area contributed by atoms with Crippen LogP contribution in [0.15, 0.2) is 28.7 Å². The van der Waals surface area contributed by atoms with Gasteiger partial charge >= 0.3 is 5.97 Å². The molecule has 0 bridgehead atoms. The van der Waals surface area contributed by atoms with E-state index in [2.05, 4.69) is 10.2 Å². The van der Waals surface area contributed by atoms with Crippen molar-refractivity contribution < 1.29 is 23.7 Å². The lowest BCUT2D eigenvalue weighted by atomic mass is 10.2. The predicted octanol–water partition coefficient (Wildman–Crippen LogP) is 2.14. The Labute approximate surface area is 163 Å². The monoisotopic (exact) mass is 404 g/mol. The van der Waals surface area contributed by atoms with Gasteiger partial charge in [-0.05, 0) is 25.5 Å². The van der Waals surface area contributed by atoms with Gasteiger partial charge in [-0.2, -0.15) is 0 Å². The predicted molar refractivity (Wildman–Crippen MR) is 96.9 cm³/mol. The van der Waals surface area contributed by atoms with E-state index < -0.39 is 16.9 Å². The molecule has 1 aromatic heterocycles. The molecule has 0 unspecified atom stereocenters. The van der Waals surface area contributed by atoms with Crippen LogP contribution in [0.2, 0.25) is 0 Å². The van der Waals surface area contributed by atoms with Gasteiger partial charge in [0.25, 0.3) is 11.6 Å². The maximum absolute atomic E-state index is 12.4. The van der Waals surface area contributed by atoms with E-state index in [0.717, 1.165) is 6.42 Å². The molecule has 3 heterocycles. The van der Waals surface area contributed by atoms with E-state index in [1.165, 1.54) is 24.3 Å². The third-order valence-corrected chi connectivity index (χ3v) is 6.35. The fourth-order valence-corrected chi connectivity index (χ4v) is 4.80. The van der Waals surface area contributed by atoms with Crippen LogP contribution in [-0.2, 0) is 20.9 Å². The van der Waals surface area contributed by atoms with E-state index >= 15 is 0 Å². The van der Waals surface area contributed by atoms with Crippen LogP contribution in [0.4, 0.5) is 5.69 Å². The number of carbonyl (C=O) groups excluding carboxylic acids is 2. The third kappa shape index (κ3) is 3.21. The Bertz CT molecular complexity index is 945. The van der Waals surface area contributed by atoms with Crippen molar-refractivity contribution in [2.45, 2.75) is 37.3 Å². The van der Waals surface area contributed by atoms with Gasteiger partial charge in [0, 0.05) is 29.9 Å². The van der Waals surface area contributed by atoms with E-state index in [9.17, 15) is 19.7 Å². The number of rotatable bonds is 5. The van der Waals surface area contributed by atoms with Crippen molar-refractivity contribution in [3.05, 3.63) is 40.3 Å². The summed E-state index contributed by atoms with van der Waals surface area (Å²) >= 11 is 1.59. The number of hydrogen-bond donors (Lipinski definition) is 0. The van der Waals surface area contributed by atoms with Crippen LogP contribution >= 0.6 is 11.8 Å². The molecule has 0 radical (unpaired) electrons. The summed E-state index contributed by atoms with van der Waals surface area (Å²) in [5.41, 5.74) is 0.469. The number of nitro benzene ring substituents is 1. The second-order valence-electron chi connectivity index (χ2n) is 6.68. The highest BCUT2D eigenvalue weighted by Crippen LogP contribution is 2.47. The molecule has 0 saturated carbocycles. The topological polar surface area (TPSA) is 129 Å². The van der Waals surface area contributed by atoms with Gasteiger partial charge < -0.3 is 14.1 Å². The average molecular weight is 404 g/mol. The smallest absolute Gasteiger partial charge is 0.330 e. The van der Waals surface area contributed by atoms with Crippen LogP contribution in [0, 0.1) is 10.1 Å². The average Bonchev–Trinajstić information content (AvgIpc) is 3.36. The maximum atomic E-state index is 12.4. The van der Waals surface area contributed by atoms with Crippen LogP contribution < -0.4 is 0 Å². The van der Waals surface area contributed by atoms with Crippen molar-refractivity contribution in [3.8, 4) is 11.5 Å². The standard InChI is InChI=1S/C17H16N4O6S/c1-17-7-6-14(22)20(17)12(9-28-17)16(23)26-8-13-18-19-15(27-13)10-2-4-11(5-3-10)21(24)25/h2-5,12H,6-9H2,1H3/t12-,17+/m1/s1. The number of nitro groups is 1. The molecule has 1 amide bonds. The van der Waals surface area contributed by atoms with Gasteiger partial charge in [0.05, 0.1) is 9.79 Å². The molecule has 11 heteroatoms. The molecule has 2 aromatic rings. The zero-order chi connectivity index (χ0) is 19.9. The second-order valence-corrected chi connectivity index (χ2v) is 8.18. The number of amides is 1. The second kappa shape index (κ2) is 6.89. The number of hydrogen-bond acceptors (Lipinski definition) is 9. The summed E-state index contributed by atoms with van der Waals surface area (Å²) < 4.78 is 10.7. The molecular weight excluding hydrogens is 388 g/mol. The van der Waals surface area contributed by atoms with Gasteiger partial charge in [0.2, 0.25) is 11.8 Å². The number of nitrogens with zero attached hydrogens (tertiary/aromatic N) is 4. The summed E-state index contributed by atoms with van der Waals surface area (Å²) in [6.45, 7) is 1.75. The molecule has 28 heavy (non-hydrogen) atoms. The van der Waals surface area contributed by atoms with E-state index in [-0.39, 0.29) is 34.9 Å². The van der Waals surface area contributed by atoms with Gasteiger partial charge in [0.15, 0.2) is 6.61 Å². The van der Waals surface area contributed by atoms with E-state index in [1.807, 2.05) is 6.92 Å². The summed E-state index contributed by atoms with van der Waals surface area (Å²) in [6, 6.07) is 5.05. The molecule has 2 saturated heterocycles. The number of benzene rings is 1. The molecule has 146 valence electrons. The van der Waals surface area contributed by atoms with E-state index in [1.54, 1.807) is 16.7 Å². The Kier molecular flexibility index (Phi) is 4.53. The lowest BCUT2D eigenvalue weighted by molar-refractivity contribution is -0.384. The molecule has 2 aliphatic heterocycles. The number of fused-ring (bicyclic) bond motifs is 1. The summed E-state index contributed by atoms with van der Waals surface area (Å²) in [6.07, 6.45) is 1.16. The summed E-state index contributed by atoms with van der Waals surface area (Å²) in [7, 11) is 0. The van der Waals surface area contributed by atoms with Crippen molar-refractivity contribution >= 4 is 29.3 Å². The van der Waals surface area contributed by atoms with Crippen LogP contribution in [0.5, 0.6) is 0 Å². The zero-order valence-corrected chi connectivity index (χ0v) is 15.7. The molecule has 2 fully saturated rings. The van der Waals surface area contributed by atoms with Crippen LogP contribution in [0.25, 0.3) is 11.5 Å². The highest BCUT2D eigenvalue weighted by Gasteiger charge is 2.53. The fourth-order valence-electron chi connectivity index (χ4n) is 3.38. The highest BCUT2D eigenvalue weighted by molar-refractivity contribution is 8.01. The lowest BCUT2D eigenvalue weighted by Crippen LogP contribution is -2.46. The minimum absolute atomic E-state index is 0.0345. The van der Waals surface area contributed by atoms with Crippen molar-refractivity contribution in [3.63, 3.8) is 0 Å². The molecule has 1 aromatic carbocycles. The third-order valence-electron chi connectivity index (χ3n) is 4.85. The van der Waals surface area contributed by atoms with Gasteiger partial charge in [-0.1, -0.05) is 0 Å².